The van der Waals surface area contributed by atoms with Crippen molar-refractivity contribution in [3.8, 4) is 0 Å². The summed E-state index contributed by atoms with van der Waals surface area (Å²) in [6.45, 7) is 4.23. The topological polar surface area (TPSA) is 37.4 Å². The number of halogens is 1. The fraction of sp³-hybridized carbons (Fsp3) is 0.778. The zero-order valence-corrected chi connectivity index (χ0v) is 8.67. The maximum atomic E-state index is 11.3. The van der Waals surface area contributed by atoms with Crippen LogP contribution in [0.2, 0.25) is 0 Å². The Labute approximate surface area is 83.0 Å². The van der Waals surface area contributed by atoms with Crippen molar-refractivity contribution in [1.29, 1.82) is 0 Å². The summed E-state index contributed by atoms with van der Waals surface area (Å²) in [5, 5.41) is 0. The van der Waals surface area contributed by atoms with Crippen LogP contribution in [-0.4, -0.2) is 35.1 Å². The average Bonchev–Trinajstić information content (AvgIpc) is 2.46. The molecular weight excluding hydrogens is 190 g/mol. The lowest BCUT2D eigenvalue weighted by atomic mass is 10.1. The largest absolute Gasteiger partial charge is 0.331 e. The molecule has 1 amide bonds. The first-order chi connectivity index (χ1) is 6.06. The van der Waals surface area contributed by atoms with Crippen LogP contribution in [0.1, 0.15) is 20.3 Å². The molecule has 74 valence electrons. The highest BCUT2D eigenvalue weighted by molar-refractivity contribution is 6.27. The van der Waals surface area contributed by atoms with Gasteiger partial charge in [-0.15, -0.1) is 11.6 Å². The van der Waals surface area contributed by atoms with E-state index in [0.717, 1.165) is 6.42 Å². The Morgan fingerprint density at radius 2 is 2.15 bits per heavy atom. The van der Waals surface area contributed by atoms with E-state index in [9.17, 15) is 9.59 Å². The number of amides is 1. The molecule has 0 spiro atoms. The van der Waals surface area contributed by atoms with E-state index in [2.05, 4.69) is 0 Å². The smallest absolute Gasteiger partial charge is 0.238 e. The van der Waals surface area contributed by atoms with Crippen LogP contribution in [0.4, 0.5) is 0 Å². The molecule has 13 heavy (non-hydrogen) atoms. The van der Waals surface area contributed by atoms with Crippen LogP contribution in [0.5, 0.6) is 0 Å². The van der Waals surface area contributed by atoms with Gasteiger partial charge in [-0.1, -0.05) is 6.92 Å². The van der Waals surface area contributed by atoms with E-state index in [4.69, 9.17) is 11.6 Å². The highest BCUT2D eigenvalue weighted by Crippen LogP contribution is 2.23. The van der Waals surface area contributed by atoms with Gasteiger partial charge in [0.15, 0.2) is 5.78 Å². The van der Waals surface area contributed by atoms with Crippen LogP contribution in [0.3, 0.4) is 0 Å². The lowest BCUT2D eigenvalue weighted by Crippen LogP contribution is -2.40. The normalized spacial score (nSPS) is 27.8. The third kappa shape index (κ3) is 2.21. The second-order valence-electron chi connectivity index (χ2n) is 3.65. The van der Waals surface area contributed by atoms with Crippen molar-refractivity contribution in [3.63, 3.8) is 0 Å². The minimum absolute atomic E-state index is 0.0312. The Bertz CT molecular complexity index is 230. The van der Waals surface area contributed by atoms with E-state index >= 15 is 0 Å². The lowest BCUT2D eigenvalue weighted by molar-refractivity contribution is -0.134. The Morgan fingerprint density at radius 1 is 1.54 bits per heavy atom. The summed E-state index contributed by atoms with van der Waals surface area (Å²) >= 11 is 5.45. The van der Waals surface area contributed by atoms with Gasteiger partial charge in [0.25, 0.3) is 0 Å². The number of carbonyl (C=O) groups is 2. The fourth-order valence-electron chi connectivity index (χ4n) is 1.78. The van der Waals surface area contributed by atoms with Crippen molar-refractivity contribution in [2.24, 2.45) is 5.92 Å². The van der Waals surface area contributed by atoms with Gasteiger partial charge in [0.2, 0.25) is 5.91 Å². The highest BCUT2D eigenvalue weighted by atomic mass is 35.5. The van der Waals surface area contributed by atoms with Crippen molar-refractivity contribution in [2.45, 2.75) is 26.3 Å². The molecule has 1 fully saturated rings. The van der Waals surface area contributed by atoms with Crippen molar-refractivity contribution in [1.82, 2.24) is 4.90 Å². The number of likely N-dealkylation sites (tertiary alicyclic amines) is 1. The van der Waals surface area contributed by atoms with Gasteiger partial charge < -0.3 is 4.90 Å². The summed E-state index contributed by atoms with van der Waals surface area (Å²) in [5.41, 5.74) is 0. The molecule has 0 aliphatic carbocycles. The van der Waals surface area contributed by atoms with E-state index in [-0.39, 0.29) is 23.6 Å². The number of nitrogens with zero attached hydrogens (tertiary/aromatic N) is 1. The summed E-state index contributed by atoms with van der Waals surface area (Å²) in [6, 6.07) is -0.235. The predicted octanol–water partition coefficient (Wildman–Crippen LogP) is 1.05. The zero-order valence-electron chi connectivity index (χ0n) is 7.92. The molecule has 0 aromatic rings. The highest BCUT2D eigenvalue weighted by Gasteiger charge is 2.35. The summed E-state index contributed by atoms with van der Waals surface area (Å²) < 4.78 is 0. The maximum absolute atomic E-state index is 11.3. The number of ketones is 1. The quantitative estimate of drug-likeness (QED) is 0.630. The minimum Gasteiger partial charge on any atom is -0.331 e. The first-order valence-electron chi connectivity index (χ1n) is 4.42. The fourth-order valence-corrected chi connectivity index (χ4v) is 1.94. The second-order valence-corrected chi connectivity index (χ2v) is 3.91. The third-order valence-electron chi connectivity index (χ3n) is 2.41. The van der Waals surface area contributed by atoms with Crippen LogP contribution in [0.15, 0.2) is 0 Å². The predicted molar refractivity (Wildman–Crippen MR) is 50.7 cm³/mol. The van der Waals surface area contributed by atoms with Gasteiger partial charge in [0, 0.05) is 6.54 Å². The molecule has 3 nitrogen and oxygen atoms in total. The van der Waals surface area contributed by atoms with E-state index in [1.807, 2.05) is 6.92 Å². The van der Waals surface area contributed by atoms with E-state index in [1.54, 1.807) is 4.90 Å². The van der Waals surface area contributed by atoms with Crippen LogP contribution in [-0.2, 0) is 9.59 Å². The molecular formula is C9H14ClNO2. The summed E-state index contributed by atoms with van der Waals surface area (Å²) in [5.74, 6) is 0.298. The molecule has 0 saturated carbocycles. The van der Waals surface area contributed by atoms with E-state index in [0.29, 0.717) is 12.5 Å². The van der Waals surface area contributed by atoms with Crippen molar-refractivity contribution in [3.05, 3.63) is 0 Å². The van der Waals surface area contributed by atoms with Gasteiger partial charge in [-0.2, -0.15) is 0 Å². The standard InChI is InChI=1S/C9H14ClNO2/c1-6-3-8(7(2)12)11(5-6)9(13)4-10/h6,8H,3-5H2,1-2H3. The van der Waals surface area contributed by atoms with Crippen LogP contribution < -0.4 is 0 Å². The van der Waals surface area contributed by atoms with Gasteiger partial charge in [0.05, 0.1) is 6.04 Å². The lowest BCUT2D eigenvalue weighted by Gasteiger charge is -2.21. The average molecular weight is 204 g/mol. The molecule has 0 bridgehead atoms. The Morgan fingerprint density at radius 3 is 2.62 bits per heavy atom. The van der Waals surface area contributed by atoms with Crippen LogP contribution in [0, 0.1) is 5.92 Å². The Kier molecular flexibility index (Phi) is 3.31. The number of hydrogen-bond donors (Lipinski definition) is 0. The molecule has 4 heteroatoms. The summed E-state index contributed by atoms with van der Waals surface area (Å²) in [4.78, 5) is 24.1. The molecule has 0 N–H and O–H groups in total. The van der Waals surface area contributed by atoms with E-state index in [1.165, 1.54) is 6.92 Å². The number of alkyl halides is 1. The zero-order chi connectivity index (χ0) is 10.0. The third-order valence-corrected chi connectivity index (χ3v) is 2.64. The summed E-state index contributed by atoms with van der Waals surface area (Å²) in [6.07, 6.45) is 0.776. The summed E-state index contributed by atoms with van der Waals surface area (Å²) in [7, 11) is 0. The second kappa shape index (κ2) is 4.09. The molecule has 0 radical (unpaired) electrons. The first-order valence-corrected chi connectivity index (χ1v) is 4.95. The molecule has 2 atom stereocenters. The maximum Gasteiger partial charge on any atom is 0.238 e. The van der Waals surface area contributed by atoms with Gasteiger partial charge in [-0.3, -0.25) is 9.59 Å². The number of hydrogen-bond acceptors (Lipinski definition) is 2. The molecule has 1 saturated heterocycles. The number of Topliss-reactive ketones (excluding diaryl/α,β-unsaturated/α-hetero) is 1. The molecule has 0 aromatic heterocycles. The van der Waals surface area contributed by atoms with Crippen LogP contribution >= 0.6 is 11.6 Å². The first kappa shape index (κ1) is 10.5. The molecule has 0 aromatic carbocycles. The van der Waals surface area contributed by atoms with Gasteiger partial charge in [-0.25, -0.2) is 0 Å². The van der Waals surface area contributed by atoms with Crippen LogP contribution in [0.25, 0.3) is 0 Å². The van der Waals surface area contributed by atoms with Gasteiger partial charge >= 0.3 is 0 Å². The Balaban J connectivity index is 2.71. The van der Waals surface area contributed by atoms with Crippen molar-refractivity contribution < 1.29 is 9.59 Å². The molecule has 1 aliphatic heterocycles. The molecule has 2 unspecified atom stereocenters. The monoisotopic (exact) mass is 203 g/mol. The number of rotatable bonds is 2. The van der Waals surface area contributed by atoms with Crippen molar-refractivity contribution in [2.75, 3.05) is 12.4 Å². The Hall–Kier alpha value is -0.570. The minimum atomic E-state index is -0.235. The van der Waals surface area contributed by atoms with Gasteiger partial charge in [0.1, 0.15) is 5.88 Å². The van der Waals surface area contributed by atoms with Gasteiger partial charge in [-0.05, 0) is 19.3 Å². The SMILES string of the molecule is CC(=O)C1CC(C)CN1C(=O)CCl. The van der Waals surface area contributed by atoms with Crippen molar-refractivity contribution >= 4 is 23.3 Å². The molecule has 1 rings (SSSR count). The number of carbonyl (C=O) groups excluding carboxylic acids is 2. The molecule has 1 heterocycles. The van der Waals surface area contributed by atoms with E-state index < -0.39 is 0 Å². The molecule has 1 aliphatic rings.